The third-order valence-corrected chi connectivity index (χ3v) is 10.2. The van der Waals surface area contributed by atoms with Crippen LogP contribution in [0.2, 0.25) is 0 Å². The normalized spacial score (nSPS) is 15.5. The molecule has 1 unspecified atom stereocenters. The number of nitrogens with one attached hydrogen (secondary N) is 2. The first-order chi connectivity index (χ1) is 26.5. The highest BCUT2D eigenvalue weighted by Crippen LogP contribution is 2.37. The van der Waals surface area contributed by atoms with E-state index in [0.29, 0.717) is 34.5 Å². The SMILES string of the molecule is Cc1cc2c(N3CCCc4nc(-c5ccc(C(=O)NCC#Cc6ccc7occ(C8CCC(=O)NC8=O)c7c6)nc5)ncc43)nc(C(C)C)cc2n(C)c1=O. The number of benzene rings is 1. The van der Waals surface area contributed by atoms with E-state index in [9.17, 15) is 19.2 Å². The number of aromatic nitrogens is 5. The summed E-state index contributed by atoms with van der Waals surface area (Å²) in [6.45, 7) is 6.84. The van der Waals surface area contributed by atoms with Gasteiger partial charge in [0.05, 0.1) is 41.8 Å². The number of piperidine rings is 1. The molecule has 1 fully saturated rings. The van der Waals surface area contributed by atoms with Crippen molar-refractivity contribution in [1.29, 1.82) is 0 Å². The first-order valence-electron chi connectivity index (χ1n) is 18.3. The summed E-state index contributed by atoms with van der Waals surface area (Å²) in [5, 5.41) is 6.85. The van der Waals surface area contributed by atoms with Crippen LogP contribution in [0.25, 0.3) is 33.3 Å². The number of pyridine rings is 3. The number of hydrogen-bond acceptors (Lipinski definition) is 10. The van der Waals surface area contributed by atoms with Crippen LogP contribution in [0, 0.1) is 18.8 Å². The van der Waals surface area contributed by atoms with Crippen molar-refractivity contribution in [2.75, 3.05) is 18.0 Å². The van der Waals surface area contributed by atoms with Gasteiger partial charge in [0, 0.05) is 64.9 Å². The number of rotatable bonds is 6. The molecule has 0 bridgehead atoms. The number of furan rings is 1. The molecule has 13 nitrogen and oxygen atoms in total. The molecular weight excluding hydrogens is 697 g/mol. The lowest BCUT2D eigenvalue weighted by atomic mass is 9.90. The maximum absolute atomic E-state index is 12.9. The molecule has 13 heteroatoms. The first kappa shape index (κ1) is 35.4. The van der Waals surface area contributed by atoms with E-state index in [1.54, 1.807) is 42.3 Å². The van der Waals surface area contributed by atoms with Gasteiger partial charge in [0.1, 0.15) is 17.1 Å². The average molecular weight is 735 g/mol. The van der Waals surface area contributed by atoms with Crippen molar-refractivity contribution in [3.63, 3.8) is 0 Å². The van der Waals surface area contributed by atoms with Crippen LogP contribution in [0.4, 0.5) is 11.5 Å². The van der Waals surface area contributed by atoms with Crippen LogP contribution in [0.1, 0.15) is 83.5 Å². The molecular formula is C42H38N8O5. The van der Waals surface area contributed by atoms with E-state index < -0.39 is 5.92 Å². The summed E-state index contributed by atoms with van der Waals surface area (Å²) in [6.07, 6.45) is 7.30. The zero-order valence-electron chi connectivity index (χ0n) is 30.9. The van der Waals surface area contributed by atoms with Crippen molar-refractivity contribution in [2.45, 2.75) is 58.3 Å². The molecule has 6 aromatic rings. The lowest BCUT2D eigenvalue weighted by Crippen LogP contribution is -2.39. The van der Waals surface area contributed by atoms with Crippen LogP contribution in [0.5, 0.6) is 0 Å². The predicted octanol–water partition coefficient (Wildman–Crippen LogP) is 5.35. The number of amides is 3. The molecule has 0 aliphatic carbocycles. The molecule has 5 aromatic heterocycles. The maximum atomic E-state index is 12.9. The molecule has 2 N–H and O–H groups in total. The molecule has 3 amide bonds. The van der Waals surface area contributed by atoms with Crippen molar-refractivity contribution < 1.29 is 18.8 Å². The van der Waals surface area contributed by atoms with Gasteiger partial charge in [-0.15, -0.1) is 0 Å². The highest BCUT2D eigenvalue weighted by atomic mass is 16.3. The molecule has 0 radical (unpaired) electrons. The molecule has 0 spiro atoms. The molecule has 1 atom stereocenters. The van der Waals surface area contributed by atoms with Crippen molar-refractivity contribution in [1.82, 2.24) is 35.1 Å². The Morgan fingerprint density at radius 1 is 1.04 bits per heavy atom. The van der Waals surface area contributed by atoms with Gasteiger partial charge in [0.2, 0.25) is 11.8 Å². The average Bonchev–Trinajstić information content (AvgIpc) is 3.61. The van der Waals surface area contributed by atoms with Crippen LogP contribution in [0.3, 0.4) is 0 Å². The Hall–Kier alpha value is -6.68. The van der Waals surface area contributed by atoms with E-state index in [2.05, 4.69) is 46.2 Å². The maximum Gasteiger partial charge on any atom is 0.270 e. The zero-order valence-corrected chi connectivity index (χ0v) is 30.9. The fourth-order valence-corrected chi connectivity index (χ4v) is 7.23. The van der Waals surface area contributed by atoms with Gasteiger partial charge in [0.25, 0.3) is 11.5 Å². The van der Waals surface area contributed by atoms with Gasteiger partial charge in [-0.25, -0.2) is 15.0 Å². The van der Waals surface area contributed by atoms with Gasteiger partial charge in [-0.2, -0.15) is 0 Å². The topological polar surface area (TPSA) is 165 Å². The summed E-state index contributed by atoms with van der Waals surface area (Å²) < 4.78 is 7.35. The number of carbonyl (C=O) groups excluding carboxylic acids is 3. The van der Waals surface area contributed by atoms with E-state index >= 15 is 0 Å². The molecule has 55 heavy (non-hydrogen) atoms. The summed E-state index contributed by atoms with van der Waals surface area (Å²) >= 11 is 0. The minimum Gasteiger partial charge on any atom is -0.464 e. The number of carbonyl (C=O) groups is 3. The Morgan fingerprint density at radius 2 is 1.89 bits per heavy atom. The molecule has 8 rings (SSSR count). The minimum absolute atomic E-state index is 0.0263. The molecule has 276 valence electrons. The Morgan fingerprint density at radius 3 is 2.67 bits per heavy atom. The largest absolute Gasteiger partial charge is 0.464 e. The number of hydrogen-bond donors (Lipinski definition) is 2. The van der Waals surface area contributed by atoms with E-state index in [-0.39, 0.29) is 47.9 Å². The van der Waals surface area contributed by atoms with Crippen molar-refractivity contribution >= 4 is 51.1 Å². The fourth-order valence-electron chi connectivity index (χ4n) is 7.23. The van der Waals surface area contributed by atoms with Crippen molar-refractivity contribution in [2.24, 2.45) is 7.05 Å². The number of imide groups is 1. The third-order valence-electron chi connectivity index (χ3n) is 10.2. The van der Waals surface area contributed by atoms with Crippen molar-refractivity contribution in [3.05, 3.63) is 105 Å². The summed E-state index contributed by atoms with van der Waals surface area (Å²) in [5.74, 6) is 6.05. The quantitative estimate of drug-likeness (QED) is 0.168. The summed E-state index contributed by atoms with van der Waals surface area (Å²) in [7, 11) is 1.80. The van der Waals surface area contributed by atoms with E-state index in [1.807, 2.05) is 37.4 Å². The Bertz CT molecular complexity index is 2670. The van der Waals surface area contributed by atoms with Crippen LogP contribution in [-0.2, 0) is 23.1 Å². The smallest absolute Gasteiger partial charge is 0.270 e. The zero-order chi connectivity index (χ0) is 38.4. The highest BCUT2D eigenvalue weighted by Gasteiger charge is 2.30. The molecule has 2 aliphatic rings. The minimum atomic E-state index is -0.468. The van der Waals surface area contributed by atoms with Crippen LogP contribution in [-0.4, -0.2) is 55.3 Å². The third kappa shape index (κ3) is 6.71. The predicted molar refractivity (Wildman–Crippen MR) is 207 cm³/mol. The molecule has 7 heterocycles. The second kappa shape index (κ2) is 14.3. The van der Waals surface area contributed by atoms with Gasteiger partial charge in [-0.3, -0.25) is 29.5 Å². The Kier molecular flexibility index (Phi) is 9.18. The van der Waals surface area contributed by atoms with Gasteiger partial charge in [-0.05, 0) is 74.6 Å². The molecule has 1 aromatic carbocycles. The van der Waals surface area contributed by atoms with Gasteiger partial charge >= 0.3 is 0 Å². The highest BCUT2D eigenvalue weighted by molar-refractivity contribution is 6.03. The lowest BCUT2D eigenvalue weighted by Gasteiger charge is -2.31. The molecule has 0 saturated carbocycles. The Balaban J connectivity index is 0.962. The Labute approximate surface area is 316 Å². The van der Waals surface area contributed by atoms with E-state index in [4.69, 9.17) is 19.4 Å². The number of anilines is 2. The second-order valence-corrected chi connectivity index (χ2v) is 14.3. The van der Waals surface area contributed by atoms with Crippen molar-refractivity contribution in [3.8, 4) is 23.2 Å². The number of fused-ring (bicyclic) bond motifs is 3. The van der Waals surface area contributed by atoms with Gasteiger partial charge in [-0.1, -0.05) is 25.7 Å². The lowest BCUT2D eigenvalue weighted by molar-refractivity contribution is -0.134. The van der Waals surface area contributed by atoms with Gasteiger partial charge in [0.15, 0.2) is 5.82 Å². The summed E-state index contributed by atoms with van der Waals surface area (Å²) in [4.78, 5) is 71.1. The summed E-state index contributed by atoms with van der Waals surface area (Å²) in [5.41, 5.74) is 7.09. The van der Waals surface area contributed by atoms with Crippen LogP contribution < -0.4 is 21.1 Å². The standard InChI is InChI=1S/C42H38N8O5/c1-23(2)33-19-34-29(17-24(3)42(54)49(34)4)39(47-33)50-16-6-8-31-35(50)21-45-38(46-31)26-10-12-32(44-20-26)41(53)43-15-5-7-25-9-13-36-28(18-25)30(22-55-36)27-11-14-37(51)48-40(27)52/h9-10,12-13,17-23,27H,6,8,11,14-16H2,1-4H3,(H,43,53)(H,48,51,52). The summed E-state index contributed by atoms with van der Waals surface area (Å²) in [6, 6.07) is 12.8. The monoisotopic (exact) mass is 734 g/mol. The second-order valence-electron chi connectivity index (χ2n) is 14.3. The molecule has 2 aliphatic heterocycles. The van der Waals surface area contributed by atoms with Crippen LogP contribution in [0.15, 0.2) is 70.3 Å². The molecule has 1 saturated heterocycles. The van der Waals surface area contributed by atoms with E-state index in [0.717, 1.165) is 64.1 Å². The van der Waals surface area contributed by atoms with Crippen LogP contribution >= 0.6 is 0 Å². The first-order valence-corrected chi connectivity index (χ1v) is 18.3. The van der Waals surface area contributed by atoms with E-state index in [1.165, 1.54) is 0 Å². The fraction of sp³-hybridized carbons (Fsp3) is 0.286. The van der Waals surface area contributed by atoms with Gasteiger partial charge < -0.3 is 19.2 Å². The number of aryl methyl sites for hydroxylation is 3. The number of nitrogens with zero attached hydrogens (tertiary/aromatic N) is 6.